The van der Waals surface area contributed by atoms with Gasteiger partial charge in [0.25, 0.3) is 0 Å². The van der Waals surface area contributed by atoms with Crippen LogP contribution in [0.1, 0.15) is 37.8 Å². The van der Waals surface area contributed by atoms with Gasteiger partial charge in [-0.2, -0.15) is 0 Å². The molecule has 2 amide bonds. The van der Waals surface area contributed by atoms with Crippen LogP contribution >= 0.6 is 0 Å². The molecule has 0 aliphatic carbocycles. The number of hydrogen-bond donors (Lipinski definition) is 2. The first-order valence-corrected chi connectivity index (χ1v) is 11.4. The molecule has 1 aliphatic rings. The number of carbonyl (C=O) groups excluding carboxylic acids is 2. The Bertz CT molecular complexity index is 823. The fraction of sp³-hybridized carbons (Fsp3) is 0.462. The second-order valence-electron chi connectivity index (χ2n) is 8.93. The van der Waals surface area contributed by atoms with Gasteiger partial charge in [-0.1, -0.05) is 74.5 Å². The molecule has 0 saturated carbocycles. The van der Waals surface area contributed by atoms with Crippen LogP contribution in [0.3, 0.4) is 0 Å². The molecule has 0 radical (unpaired) electrons. The van der Waals surface area contributed by atoms with Gasteiger partial charge in [-0.15, -0.1) is 0 Å². The van der Waals surface area contributed by atoms with E-state index in [2.05, 4.69) is 39.8 Å². The third kappa shape index (κ3) is 7.51. The van der Waals surface area contributed by atoms with Crippen LogP contribution in [0.25, 0.3) is 0 Å². The van der Waals surface area contributed by atoms with E-state index in [-0.39, 0.29) is 24.2 Å². The zero-order valence-electron chi connectivity index (χ0n) is 18.7. The van der Waals surface area contributed by atoms with Crippen molar-refractivity contribution in [1.82, 2.24) is 15.5 Å². The lowest BCUT2D eigenvalue weighted by Gasteiger charge is -2.33. The Hall–Kier alpha value is -2.66. The maximum Gasteiger partial charge on any atom is 0.242 e. The summed E-state index contributed by atoms with van der Waals surface area (Å²) in [6.07, 6.45) is 2.56. The minimum atomic E-state index is -0.514. The van der Waals surface area contributed by atoms with Gasteiger partial charge in [-0.05, 0) is 42.3 Å². The summed E-state index contributed by atoms with van der Waals surface area (Å²) in [6, 6.07) is 19.6. The average Bonchev–Trinajstić information content (AvgIpc) is 2.77. The summed E-state index contributed by atoms with van der Waals surface area (Å²) in [5.74, 6) is 0.262. The van der Waals surface area contributed by atoms with Gasteiger partial charge in [0, 0.05) is 19.6 Å². The molecule has 166 valence electrons. The van der Waals surface area contributed by atoms with Crippen LogP contribution in [0.2, 0.25) is 0 Å². The summed E-state index contributed by atoms with van der Waals surface area (Å²) in [7, 11) is 0. The summed E-state index contributed by atoms with van der Waals surface area (Å²) in [6.45, 7) is 7.63. The van der Waals surface area contributed by atoms with Crippen LogP contribution in [0.15, 0.2) is 60.7 Å². The predicted octanol–water partition coefficient (Wildman–Crippen LogP) is 3.40. The van der Waals surface area contributed by atoms with Crippen molar-refractivity contribution in [2.45, 2.75) is 45.7 Å². The third-order valence-corrected chi connectivity index (χ3v) is 5.89. The van der Waals surface area contributed by atoms with Gasteiger partial charge in [0.1, 0.15) is 6.04 Å². The Morgan fingerprint density at radius 2 is 1.65 bits per heavy atom. The van der Waals surface area contributed by atoms with Gasteiger partial charge in [0.2, 0.25) is 11.8 Å². The fourth-order valence-electron chi connectivity index (χ4n) is 4.20. The molecule has 5 nitrogen and oxygen atoms in total. The molecule has 2 aromatic carbocycles. The van der Waals surface area contributed by atoms with Crippen LogP contribution in [0, 0.1) is 11.8 Å². The normalized spacial score (nSPS) is 17.8. The quantitative estimate of drug-likeness (QED) is 0.652. The highest BCUT2D eigenvalue weighted by molar-refractivity contribution is 5.88. The van der Waals surface area contributed by atoms with E-state index in [9.17, 15) is 9.59 Å². The summed E-state index contributed by atoms with van der Waals surface area (Å²) in [5.41, 5.74) is 2.27. The third-order valence-electron chi connectivity index (χ3n) is 5.89. The van der Waals surface area contributed by atoms with E-state index in [1.165, 1.54) is 5.56 Å². The van der Waals surface area contributed by atoms with E-state index >= 15 is 0 Å². The minimum Gasteiger partial charge on any atom is -0.354 e. The van der Waals surface area contributed by atoms with Crippen LogP contribution in [0.5, 0.6) is 0 Å². The van der Waals surface area contributed by atoms with E-state index in [1.807, 2.05) is 50.2 Å². The SMILES string of the molecule is CC(C)C(NC(=O)Cc1ccccc1)C(=O)NCC1CCCN(Cc2ccccc2)C1. The Kier molecular flexibility index (Phi) is 8.65. The molecule has 3 rings (SSSR count). The largest absolute Gasteiger partial charge is 0.354 e. The first kappa shape index (κ1) is 23.0. The molecular formula is C26H35N3O2. The first-order chi connectivity index (χ1) is 15.0. The fourth-order valence-corrected chi connectivity index (χ4v) is 4.20. The number of piperidine rings is 1. The van der Waals surface area contributed by atoms with Crippen molar-refractivity contribution < 1.29 is 9.59 Å². The molecule has 2 unspecified atom stereocenters. The van der Waals surface area contributed by atoms with E-state index < -0.39 is 6.04 Å². The molecule has 2 N–H and O–H groups in total. The van der Waals surface area contributed by atoms with E-state index in [0.717, 1.165) is 38.0 Å². The molecule has 0 spiro atoms. The Balaban J connectivity index is 1.47. The number of benzene rings is 2. The summed E-state index contributed by atoms with van der Waals surface area (Å²) < 4.78 is 0. The van der Waals surface area contributed by atoms with E-state index in [4.69, 9.17) is 0 Å². The van der Waals surface area contributed by atoms with Crippen LogP contribution in [0.4, 0.5) is 0 Å². The molecule has 31 heavy (non-hydrogen) atoms. The lowest BCUT2D eigenvalue weighted by atomic mass is 9.96. The Morgan fingerprint density at radius 1 is 1.00 bits per heavy atom. The predicted molar refractivity (Wildman–Crippen MR) is 124 cm³/mol. The number of hydrogen-bond acceptors (Lipinski definition) is 3. The molecule has 1 aliphatic heterocycles. The summed E-state index contributed by atoms with van der Waals surface area (Å²) >= 11 is 0. The number of amides is 2. The number of nitrogens with zero attached hydrogens (tertiary/aromatic N) is 1. The first-order valence-electron chi connectivity index (χ1n) is 11.4. The van der Waals surface area contributed by atoms with Gasteiger partial charge in [-0.25, -0.2) is 0 Å². The van der Waals surface area contributed by atoms with Gasteiger partial charge in [-0.3, -0.25) is 14.5 Å². The lowest BCUT2D eigenvalue weighted by Crippen LogP contribution is -2.51. The number of carbonyl (C=O) groups is 2. The maximum atomic E-state index is 12.8. The van der Waals surface area contributed by atoms with Crippen molar-refractivity contribution in [1.29, 1.82) is 0 Å². The Morgan fingerprint density at radius 3 is 2.29 bits per heavy atom. The molecule has 1 fully saturated rings. The molecule has 2 atom stereocenters. The molecule has 5 heteroatoms. The van der Waals surface area contributed by atoms with Gasteiger partial charge < -0.3 is 10.6 Å². The smallest absolute Gasteiger partial charge is 0.242 e. The highest BCUT2D eigenvalue weighted by atomic mass is 16.2. The molecule has 2 aromatic rings. The highest BCUT2D eigenvalue weighted by Crippen LogP contribution is 2.18. The van der Waals surface area contributed by atoms with Crippen molar-refractivity contribution in [3.05, 3.63) is 71.8 Å². The molecular weight excluding hydrogens is 386 g/mol. The monoisotopic (exact) mass is 421 g/mol. The average molecular weight is 422 g/mol. The lowest BCUT2D eigenvalue weighted by molar-refractivity contribution is -0.130. The van der Waals surface area contributed by atoms with E-state index in [1.54, 1.807) is 0 Å². The van der Waals surface area contributed by atoms with E-state index in [0.29, 0.717) is 12.5 Å². The van der Waals surface area contributed by atoms with Crippen molar-refractivity contribution >= 4 is 11.8 Å². The molecule has 0 aromatic heterocycles. The zero-order valence-corrected chi connectivity index (χ0v) is 18.7. The van der Waals surface area contributed by atoms with Crippen molar-refractivity contribution in [3.8, 4) is 0 Å². The van der Waals surface area contributed by atoms with Crippen molar-refractivity contribution in [3.63, 3.8) is 0 Å². The molecule has 0 bridgehead atoms. The van der Waals surface area contributed by atoms with Gasteiger partial charge in [0.15, 0.2) is 0 Å². The highest BCUT2D eigenvalue weighted by Gasteiger charge is 2.26. The van der Waals surface area contributed by atoms with Gasteiger partial charge in [0.05, 0.1) is 6.42 Å². The summed E-state index contributed by atoms with van der Waals surface area (Å²) in [4.78, 5) is 27.8. The van der Waals surface area contributed by atoms with Gasteiger partial charge >= 0.3 is 0 Å². The number of nitrogens with one attached hydrogen (secondary N) is 2. The second-order valence-corrected chi connectivity index (χ2v) is 8.93. The zero-order chi connectivity index (χ0) is 22.1. The standard InChI is InChI=1S/C26H35N3O2/c1-20(2)25(28-24(30)16-21-10-5-3-6-11-21)26(31)27-17-23-14-9-15-29(19-23)18-22-12-7-4-8-13-22/h3-8,10-13,20,23,25H,9,14-19H2,1-2H3,(H,27,31)(H,28,30). The van der Waals surface area contributed by atoms with Crippen LogP contribution < -0.4 is 10.6 Å². The molecule has 1 saturated heterocycles. The second kappa shape index (κ2) is 11.7. The van der Waals surface area contributed by atoms with Crippen LogP contribution in [-0.4, -0.2) is 42.4 Å². The minimum absolute atomic E-state index is 0.0284. The Labute approximate surface area is 186 Å². The molecule has 1 heterocycles. The number of likely N-dealkylation sites (tertiary alicyclic amines) is 1. The summed E-state index contributed by atoms with van der Waals surface area (Å²) in [5, 5.41) is 6.04. The van der Waals surface area contributed by atoms with Crippen molar-refractivity contribution in [2.24, 2.45) is 11.8 Å². The van der Waals surface area contributed by atoms with Crippen molar-refractivity contribution in [2.75, 3.05) is 19.6 Å². The van der Waals surface area contributed by atoms with Crippen LogP contribution in [-0.2, 0) is 22.6 Å². The topological polar surface area (TPSA) is 61.4 Å². The number of rotatable bonds is 9. The maximum absolute atomic E-state index is 12.8.